The summed E-state index contributed by atoms with van der Waals surface area (Å²) in [6.07, 6.45) is 1.53. The molecule has 0 bridgehead atoms. The lowest BCUT2D eigenvalue weighted by Gasteiger charge is -2.33. The molecule has 0 radical (unpaired) electrons. The molecule has 4 heterocycles. The van der Waals surface area contributed by atoms with Crippen LogP contribution in [0.2, 0.25) is 0 Å². The van der Waals surface area contributed by atoms with E-state index in [-0.39, 0.29) is 11.9 Å². The lowest BCUT2D eigenvalue weighted by atomic mass is 10.1. The lowest BCUT2D eigenvalue weighted by molar-refractivity contribution is 0.0638. The van der Waals surface area contributed by atoms with Crippen LogP contribution in [0.15, 0.2) is 30.6 Å². The van der Waals surface area contributed by atoms with Gasteiger partial charge in [0.05, 0.1) is 6.04 Å². The smallest absolute Gasteiger partial charge is 0.254 e. The molecule has 146 valence electrons. The molecule has 0 saturated heterocycles. The van der Waals surface area contributed by atoms with Gasteiger partial charge in [-0.25, -0.2) is 9.97 Å². The summed E-state index contributed by atoms with van der Waals surface area (Å²) in [6.45, 7) is 5.03. The molecule has 0 fully saturated rings. The van der Waals surface area contributed by atoms with Crippen molar-refractivity contribution in [1.29, 1.82) is 0 Å². The molecule has 1 aromatic carbocycles. The number of benzene rings is 1. The fourth-order valence-corrected chi connectivity index (χ4v) is 4.63. The normalized spacial score (nSPS) is 16.1. The molecule has 5 rings (SSSR count). The second-order valence-corrected chi connectivity index (χ2v) is 8.21. The summed E-state index contributed by atoms with van der Waals surface area (Å²) < 4.78 is 10.3. The average molecular weight is 425 g/mol. The summed E-state index contributed by atoms with van der Waals surface area (Å²) in [5, 5.41) is 10.2. The average Bonchev–Trinajstić information content (AvgIpc) is 3.48. The minimum Gasteiger partial charge on any atom is -0.327 e. The van der Waals surface area contributed by atoms with Crippen LogP contribution >= 0.6 is 23.1 Å². The zero-order chi connectivity index (χ0) is 20.0. The Morgan fingerprint density at radius 3 is 2.62 bits per heavy atom. The van der Waals surface area contributed by atoms with Gasteiger partial charge < -0.3 is 9.47 Å². The highest BCUT2D eigenvalue weighted by atomic mass is 32.1. The highest BCUT2D eigenvalue weighted by molar-refractivity contribution is 7.09. The van der Waals surface area contributed by atoms with Crippen molar-refractivity contribution in [1.82, 2.24) is 38.4 Å². The summed E-state index contributed by atoms with van der Waals surface area (Å²) in [4.78, 5) is 23.6. The quantitative estimate of drug-likeness (QED) is 0.498. The SMILES string of the molecule is Cc1nsc(-c2nnc3n2CCN(C(=O)c2ccc(-c4ncns4)cc2)[C@@H]3C)n1. The third-order valence-electron chi connectivity index (χ3n) is 4.90. The van der Waals surface area contributed by atoms with Crippen molar-refractivity contribution < 1.29 is 4.79 Å². The molecular weight excluding hydrogens is 408 g/mol. The summed E-state index contributed by atoms with van der Waals surface area (Å²) in [5.74, 6) is 2.17. The van der Waals surface area contributed by atoms with Crippen molar-refractivity contribution in [3.8, 4) is 21.4 Å². The molecule has 3 aromatic heterocycles. The van der Waals surface area contributed by atoms with Crippen LogP contribution in [-0.2, 0) is 6.54 Å². The Bertz CT molecular complexity index is 1170. The van der Waals surface area contributed by atoms with Crippen molar-refractivity contribution >= 4 is 29.0 Å². The molecule has 0 aliphatic carbocycles. The van der Waals surface area contributed by atoms with E-state index in [0.717, 1.165) is 27.2 Å². The van der Waals surface area contributed by atoms with Crippen LogP contribution in [0.5, 0.6) is 0 Å². The molecule has 0 N–H and O–H groups in total. The lowest BCUT2D eigenvalue weighted by Crippen LogP contribution is -2.41. The van der Waals surface area contributed by atoms with Gasteiger partial charge in [0.2, 0.25) is 0 Å². The third-order valence-corrected chi connectivity index (χ3v) is 6.42. The van der Waals surface area contributed by atoms with Crippen molar-refractivity contribution in [2.45, 2.75) is 26.4 Å². The molecule has 9 nitrogen and oxygen atoms in total. The van der Waals surface area contributed by atoms with E-state index in [9.17, 15) is 4.79 Å². The van der Waals surface area contributed by atoms with Gasteiger partial charge in [0.25, 0.3) is 5.91 Å². The first-order valence-electron chi connectivity index (χ1n) is 9.03. The van der Waals surface area contributed by atoms with E-state index in [1.165, 1.54) is 29.4 Å². The Labute approximate surface area is 174 Å². The fourth-order valence-electron chi connectivity index (χ4n) is 3.43. The van der Waals surface area contributed by atoms with Crippen LogP contribution in [0.25, 0.3) is 21.4 Å². The maximum absolute atomic E-state index is 13.1. The van der Waals surface area contributed by atoms with Crippen LogP contribution < -0.4 is 0 Å². The molecule has 1 amide bonds. The number of nitrogens with zero attached hydrogens (tertiary/aromatic N) is 8. The van der Waals surface area contributed by atoms with Crippen molar-refractivity contribution in [3.05, 3.63) is 47.8 Å². The number of amides is 1. The predicted octanol–water partition coefficient (Wildman–Crippen LogP) is 2.84. The number of hydrogen-bond acceptors (Lipinski definition) is 9. The first kappa shape index (κ1) is 18.0. The first-order valence-corrected chi connectivity index (χ1v) is 10.6. The highest BCUT2D eigenvalue weighted by Gasteiger charge is 2.32. The monoisotopic (exact) mass is 424 g/mol. The number of hydrogen-bond donors (Lipinski definition) is 0. The summed E-state index contributed by atoms with van der Waals surface area (Å²) in [7, 11) is 0. The van der Waals surface area contributed by atoms with E-state index in [0.29, 0.717) is 24.5 Å². The molecule has 29 heavy (non-hydrogen) atoms. The Kier molecular flexibility index (Phi) is 4.40. The van der Waals surface area contributed by atoms with E-state index in [2.05, 4.69) is 28.9 Å². The topological polar surface area (TPSA) is 103 Å². The van der Waals surface area contributed by atoms with Crippen LogP contribution in [0, 0.1) is 6.92 Å². The van der Waals surface area contributed by atoms with E-state index < -0.39 is 0 Å². The molecule has 0 unspecified atom stereocenters. The van der Waals surface area contributed by atoms with Crippen molar-refractivity contribution in [3.63, 3.8) is 0 Å². The number of aryl methyl sites for hydroxylation is 1. The molecule has 11 heteroatoms. The number of aromatic nitrogens is 7. The molecule has 1 aliphatic rings. The molecule has 0 spiro atoms. The van der Waals surface area contributed by atoms with Crippen LogP contribution in [-0.4, -0.2) is 50.8 Å². The van der Waals surface area contributed by atoms with Gasteiger partial charge in [-0.05, 0) is 49.0 Å². The molecule has 1 atom stereocenters. The van der Waals surface area contributed by atoms with E-state index >= 15 is 0 Å². The van der Waals surface area contributed by atoms with Crippen LogP contribution in [0.4, 0.5) is 0 Å². The standard InChI is InChI=1S/C18H16N8OS2/c1-10-14-22-23-15(17-21-11(2)24-29-17)26(14)8-7-25(10)18(27)13-5-3-12(4-6-13)16-19-9-20-28-16/h3-6,9-10H,7-8H2,1-2H3/t10-/m1/s1. The molecular formula is C18H16N8OS2. The second kappa shape index (κ2) is 7.08. The number of fused-ring (bicyclic) bond motifs is 1. The number of carbonyl (C=O) groups excluding carboxylic acids is 1. The predicted molar refractivity (Wildman–Crippen MR) is 108 cm³/mol. The Morgan fingerprint density at radius 1 is 1.10 bits per heavy atom. The van der Waals surface area contributed by atoms with E-state index in [4.69, 9.17) is 0 Å². The Morgan fingerprint density at radius 2 is 1.93 bits per heavy atom. The van der Waals surface area contributed by atoms with Gasteiger partial charge in [0.15, 0.2) is 16.7 Å². The van der Waals surface area contributed by atoms with Crippen LogP contribution in [0.1, 0.15) is 35.0 Å². The van der Waals surface area contributed by atoms with Crippen molar-refractivity contribution in [2.24, 2.45) is 0 Å². The molecule has 1 aliphatic heterocycles. The fraction of sp³-hybridized carbons (Fsp3) is 0.278. The Balaban J connectivity index is 1.39. The van der Waals surface area contributed by atoms with Gasteiger partial charge in [-0.3, -0.25) is 4.79 Å². The molecule has 4 aromatic rings. The van der Waals surface area contributed by atoms with Gasteiger partial charge in [-0.2, -0.15) is 8.75 Å². The minimum atomic E-state index is -0.186. The third kappa shape index (κ3) is 3.12. The van der Waals surface area contributed by atoms with Gasteiger partial charge >= 0.3 is 0 Å². The van der Waals surface area contributed by atoms with Crippen molar-refractivity contribution in [2.75, 3.05) is 6.54 Å². The van der Waals surface area contributed by atoms with Gasteiger partial charge in [-0.1, -0.05) is 12.1 Å². The first-order chi connectivity index (χ1) is 14.1. The van der Waals surface area contributed by atoms with Gasteiger partial charge in [0.1, 0.15) is 17.2 Å². The maximum atomic E-state index is 13.1. The van der Waals surface area contributed by atoms with E-state index in [1.807, 2.05) is 47.6 Å². The second-order valence-electron chi connectivity index (χ2n) is 6.68. The summed E-state index contributed by atoms with van der Waals surface area (Å²) >= 11 is 2.64. The highest BCUT2D eigenvalue weighted by Crippen LogP contribution is 2.30. The van der Waals surface area contributed by atoms with Gasteiger partial charge in [-0.15, -0.1) is 10.2 Å². The van der Waals surface area contributed by atoms with E-state index in [1.54, 1.807) is 0 Å². The number of carbonyl (C=O) groups is 1. The summed E-state index contributed by atoms with van der Waals surface area (Å²) in [6, 6.07) is 7.29. The molecule has 0 saturated carbocycles. The maximum Gasteiger partial charge on any atom is 0.254 e. The Hall–Kier alpha value is -3.05. The zero-order valence-electron chi connectivity index (χ0n) is 15.7. The summed E-state index contributed by atoms with van der Waals surface area (Å²) in [5.41, 5.74) is 1.59. The minimum absolute atomic E-state index is 0.0242. The van der Waals surface area contributed by atoms with Gasteiger partial charge in [0, 0.05) is 24.2 Å². The van der Waals surface area contributed by atoms with Crippen LogP contribution in [0.3, 0.4) is 0 Å². The largest absolute Gasteiger partial charge is 0.327 e. The number of rotatable bonds is 3. The zero-order valence-corrected chi connectivity index (χ0v) is 17.3.